The van der Waals surface area contributed by atoms with Gasteiger partial charge in [-0.2, -0.15) is 0 Å². The maximum atomic E-state index is 4.37. The first-order valence-corrected chi connectivity index (χ1v) is 7.07. The van der Waals surface area contributed by atoms with Crippen molar-refractivity contribution in [1.29, 1.82) is 0 Å². The molecule has 2 aromatic rings. The lowest BCUT2D eigenvalue weighted by Gasteiger charge is -2.34. The summed E-state index contributed by atoms with van der Waals surface area (Å²) in [6, 6.07) is 10.4. The highest BCUT2D eigenvalue weighted by Crippen LogP contribution is 2.28. The van der Waals surface area contributed by atoms with Crippen LogP contribution in [0.2, 0.25) is 0 Å². The van der Waals surface area contributed by atoms with Crippen LogP contribution in [0.1, 0.15) is 18.9 Å². The lowest BCUT2D eigenvalue weighted by Crippen LogP contribution is -2.41. The zero-order valence-electron chi connectivity index (χ0n) is 13.1. The average molecular weight is 281 g/mol. The Hall–Kier alpha value is -2.29. The molecule has 0 saturated carbocycles. The van der Waals surface area contributed by atoms with Gasteiger partial charge in [0.25, 0.3) is 0 Å². The largest absolute Gasteiger partial charge is 0.365 e. The molecule has 0 bridgehead atoms. The summed E-state index contributed by atoms with van der Waals surface area (Å²) in [7, 11) is 3.96. The fourth-order valence-electron chi connectivity index (χ4n) is 2.38. The molecule has 21 heavy (non-hydrogen) atoms. The van der Waals surface area contributed by atoms with Crippen molar-refractivity contribution in [2.24, 2.45) is 0 Å². The van der Waals surface area contributed by atoms with Crippen LogP contribution in [-0.4, -0.2) is 24.0 Å². The summed E-state index contributed by atoms with van der Waals surface area (Å²) in [5.74, 6) is 0.880. The Morgan fingerprint density at radius 1 is 1.38 bits per heavy atom. The number of fused-ring (bicyclic) bond motifs is 1. The third kappa shape index (κ3) is 3.24. The van der Waals surface area contributed by atoms with Crippen molar-refractivity contribution < 1.29 is 0 Å². The molecule has 1 aromatic heterocycles. The predicted octanol–water partition coefficient (Wildman–Crippen LogP) is 3.65. The standard InChI is InChI=1S/C18H23N3/c1-6-11-18(3,20-14(2)21(4)5)16-9-10-17-15(13-16)8-7-12-19-17/h6-10,12-13,20H,1-2,11H2,3-5H3/t18-/m0/s1. The lowest BCUT2D eigenvalue weighted by atomic mass is 9.87. The van der Waals surface area contributed by atoms with Gasteiger partial charge in [-0.3, -0.25) is 4.98 Å². The van der Waals surface area contributed by atoms with Crippen molar-refractivity contribution in [1.82, 2.24) is 15.2 Å². The first kappa shape index (κ1) is 15.1. The van der Waals surface area contributed by atoms with Gasteiger partial charge in [-0.1, -0.05) is 24.8 Å². The van der Waals surface area contributed by atoms with E-state index >= 15 is 0 Å². The molecule has 0 radical (unpaired) electrons. The van der Waals surface area contributed by atoms with Gasteiger partial charge >= 0.3 is 0 Å². The van der Waals surface area contributed by atoms with E-state index in [2.05, 4.69) is 54.6 Å². The highest BCUT2D eigenvalue weighted by Gasteiger charge is 2.26. The quantitative estimate of drug-likeness (QED) is 0.819. The maximum Gasteiger partial charge on any atom is 0.0940 e. The van der Waals surface area contributed by atoms with Gasteiger partial charge < -0.3 is 10.2 Å². The van der Waals surface area contributed by atoms with E-state index in [1.807, 2.05) is 37.3 Å². The molecule has 0 spiro atoms. The number of aromatic nitrogens is 1. The molecule has 1 N–H and O–H groups in total. The monoisotopic (exact) mass is 281 g/mol. The van der Waals surface area contributed by atoms with Crippen LogP contribution in [0, 0.1) is 0 Å². The number of benzene rings is 1. The van der Waals surface area contributed by atoms with Gasteiger partial charge in [0.2, 0.25) is 0 Å². The Morgan fingerprint density at radius 3 is 2.81 bits per heavy atom. The Morgan fingerprint density at radius 2 is 2.14 bits per heavy atom. The van der Waals surface area contributed by atoms with Crippen molar-refractivity contribution in [2.75, 3.05) is 14.1 Å². The van der Waals surface area contributed by atoms with Crippen LogP contribution in [0.5, 0.6) is 0 Å². The van der Waals surface area contributed by atoms with Crippen molar-refractivity contribution in [2.45, 2.75) is 18.9 Å². The highest BCUT2D eigenvalue weighted by molar-refractivity contribution is 5.79. The predicted molar refractivity (Wildman–Crippen MR) is 89.9 cm³/mol. The summed E-state index contributed by atoms with van der Waals surface area (Å²) >= 11 is 0. The van der Waals surface area contributed by atoms with E-state index in [0.29, 0.717) is 0 Å². The topological polar surface area (TPSA) is 28.2 Å². The molecule has 3 heteroatoms. The molecule has 2 rings (SSSR count). The van der Waals surface area contributed by atoms with Gasteiger partial charge in [0.15, 0.2) is 0 Å². The number of rotatable bonds is 6. The molecule has 0 aliphatic heterocycles. The van der Waals surface area contributed by atoms with Crippen LogP contribution in [-0.2, 0) is 5.54 Å². The molecule has 0 aliphatic carbocycles. The molecule has 1 atom stereocenters. The van der Waals surface area contributed by atoms with Gasteiger partial charge in [-0.25, -0.2) is 0 Å². The molecule has 1 heterocycles. The average Bonchev–Trinajstić information content (AvgIpc) is 2.46. The Balaban J connectivity index is 2.43. The second-order valence-electron chi connectivity index (χ2n) is 5.70. The summed E-state index contributed by atoms with van der Waals surface area (Å²) in [6.45, 7) is 10.1. The van der Waals surface area contributed by atoms with Crippen molar-refractivity contribution in [3.05, 3.63) is 67.1 Å². The van der Waals surface area contributed by atoms with Gasteiger partial charge in [0.05, 0.1) is 16.9 Å². The molecule has 0 saturated heterocycles. The zero-order valence-corrected chi connectivity index (χ0v) is 13.1. The van der Waals surface area contributed by atoms with Gasteiger partial charge in [0, 0.05) is 25.7 Å². The van der Waals surface area contributed by atoms with E-state index < -0.39 is 0 Å². The summed E-state index contributed by atoms with van der Waals surface area (Å²) in [4.78, 5) is 6.35. The maximum absolute atomic E-state index is 4.37. The van der Waals surface area contributed by atoms with Crippen LogP contribution in [0.25, 0.3) is 10.9 Å². The molecule has 0 aliphatic rings. The minimum atomic E-state index is -0.243. The number of nitrogens with one attached hydrogen (secondary N) is 1. The van der Waals surface area contributed by atoms with Gasteiger partial charge in [0.1, 0.15) is 0 Å². The Labute approximate surface area is 127 Å². The van der Waals surface area contributed by atoms with E-state index in [0.717, 1.165) is 23.1 Å². The van der Waals surface area contributed by atoms with E-state index in [9.17, 15) is 0 Å². The van der Waals surface area contributed by atoms with Crippen molar-refractivity contribution in [3.63, 3.8) is 0 Å². The van der Waals surface area contributed by atoms with Crippen LogP contribution in [0.15, 0.2) is 61.6 Å². The SMILES string of the molecule is C=CC[C@](C)(NC(=C)N(C)C)c1ccc2ncccc2c1. The molecule has 0 fully saturated rings. The number of pyridine rings is 1. The Kier molecular flexibility index (Phi) is 4.32. The van der Waals surface area contributed by atoms with E-state index in [1.54, 1.807) is 0 Å². The van der Waals surface area contributed by atoms with Crippen molar-refractivity contribution >= 4 is 10.9 Å². The highest BCUT2D eigenvalue weighted by atomic mass is 15.2. The number of nitrogens with zero attached hydrogens (tertiary/aromatic N) is 2. The van der Waals surface area contributed by atoms with Crippen LogP contribution in [0.4, 0.5) is 0 Å². The molecular formula is C18H23N3. The van der Waals surface area contributed by atoms with Crippen molar-refractivity contribution in [3.8, 4) is 0 Å². The smallest absolute Gasteiger partial charge is 0.0940 e. The lowest BCUT2D eigenvalue weighted by molar-refractivity contribution is 0.343. The molecule has 0 unspecified atom stereocenters. The normalized spacial score (nSPS) is 13.5. The number of hydrogen-bond donors (Lipinski definition) is 1. The summed E-state index contributed by atoms with van der Waals surface area (Å²) in [5.41, 5.74) is 1.96. The van der Waals surface area contributed by atoms with Crippen LogP contribution < -0.4 is 5.32 Å². The van der Waals surface area contributed by atoms with E-state index in [-0.39, 0.29) is 5.54 Å². The minimum Gasteiger partial charge on any atom is -0.365 e. The summed E-state index contributed by atoms with van der Waals surface area (Å²) < 4.78 is 0. The summed E-state index contributed by atoms with van der Waals surface area (Å²) in [6.07, 6.45) is 4.56. The molecule has 3 nitrogen and oxygen atoms in total. The minimum absolute atomic E-state index is 0.243. The third-order valence-electron chi connectivity index (χ3n) is 3.75. The van der Waals surface area contributed by atoms with Crippen LogP contribution in [0.3, 0.4) is 0 Å². The summed E-state index contributed by atoms with van der Waals surface area (Å²) in [5, 5.41) is 4.66. The van der Waals surface area contributed by atoms with Crippen LogP contribution >= 0.6 is 0 Å². The first-order chi connectivity index (χ1) is 9.96. The van der Waals surface area contributed by atoms with E-state index in [4.69, 9.17) is 0 Å². The van der Waals surface area contributed by atoms with Gasteiger partial charge in [-0.05, 0) is 37.1 Å². The number of hydrogen-bond acceptors (Lipinski definition) is 3. The molecule has 0 amide bonds. The molecule has 1 aromatic carbocycles. The second-order valence-corrected chi connectivity index (χ2v) is 5.70. The van der Waals surface area contributed by atoms with E-state index in [1.165, 1.54) is 5.56 Å². The molecular weight excluding hydrogens is 258 g/mol. The first-order valence-electron chi connectivity index (χ1n) is 7.07. The second kappa shape index (κ2) is 6.00. The fourth-order valence-corrected chi connectivity index (χ4v) is 2.38. The van der Waals surface area contributed by atoms with Gasteiger partial charge in [-0.15, -0.1) is 6.58 Å². The third-order valence-corrected chi connectivity index (χ3v) is 3.75. The molecule has 110 valence electrons. The zero-order chi connectivity index (χ0) is 15.5. The fraction of sp³-hybridized carbons (Fsp3) is 0.278. The Bertz CT molecular complexity index is 660.